The Kier molecular flexibility index (Phi) is 4.64. The van der Waals surface area contributed by atoms with Crippen LogP contribution in [0.25, 0.3) is 4.85 Å². The fraction of sp³-hybridized carbons (Fsp3) is 0.294. The monoisotopic (exact) mass is 336 g/mol. The highest BCUT2D eigenvalue weighted by molar-refractivity contribution is 5.98. The van der Waals surface area contributed by atoms with Crippen molar-refractivity contribution in [2.24, 2.45) is 5.73 Å². The molecule has 1 saturated heterocycles. The van der Waals surface area contributed by atoms with Gasteiger partial charge in [0.1, 0.15) is 11.6 Å². The Morgan fingerprint density at radius 1 is 1.48 bits per heavy atom. The van der Waals surface area contributed by atoms with Crippen molar-refractivity contribution in [2.45, 2.75) is 18.5 Å². The number of benzene rings is 1. The second kappa shape index (κ2) is 7.04. The minimum Gasteiger partial charge on any atom is -0.379 e. The SMILES string of the molecule is [C-]#[N+][C@H]1CCOC[C@@H]1n1cc(C(N)=O)c(Nc2ccc(C#N)cc2)n1. The standard InChI is InChI=1S/C17H16N6O2/c1-20-14-6-7-25-10-15(14)23-9-13(16(19)24)17(22-23)21-12-4-2-11(8-18)3-5-12/h2-5,9,14-15H,6-7,10H2,(H2,19,24)(H,21,22)/t14-,15-/m0/s1. The number of anilines is 2. The normalized spacial score (nSPS) is 19.6. The molecule has 25 heavy (non-hydrogen) atoms. The fourth-order valence-electron chi connectivity index (χ4n) is 2.71. The lowest BCUT2D eigenvalue weighted by Gasteiger charge is -2.23. The number of carbonyl (C=O) groups is 1. The summed E-state index contributed by atoms with van der Waals surface area (Å²) < 4.78 is 7.03. The van der Waals surface area contributed by atoms with Crippen LogP contribution in [0.4, 0.5) is 11.5 Å². The smallest absolute Gasteiger partial charge is 0.254 e. The van der Waals surface area contributed by atoms with E-state index in [9.17, 15) is 4.79 Å². The lowest BCUT2D eigenvalue weighted by Crippen LogP contribution is -2.32. The highest BCUT2D eigenvalue weighted by Gasteiger charge is 2.33. The number of nitrogens with zero attached hydrogens (tertiary/aromatic N) is 4. The third-order valence-corrected chi connectivity index (χ3v) is 4.07. The van der Waals surface area contributed by atoms with E-state index >= 15 is 0 Å². The molecule has 8 nitrogen and oxygen atoms in total. The van der Waals surface area contributed by atoms with Crippen molar-refractivity contribution < 1.29 is 9.53 Å². The van der Waals surface area contributed by atoms with E-state index in [1.54, 1.807) is 35.1 Å². The third kappa shape index (κ3) is 3.44. The first kappa shape index (κ1) is 16.5. The Morgan fingerprint density at radius 3 is 2.88 bits per heavy atom. The van der Waals surface area contributed by atoms with Gasteiger partial charge in [0, 0.05) is 18.3 Å². The molecule has 0 radical (unpaired) electrons. The molecule has 1 amide bonds. The summed E-state index contributed by atoms with van der Waals surface area (Å²) in [5.41, 5.74) is 6.90. The number of amides is 1. The zero-order valence-electron chi connectivity index (χ0n) is 13.3. The van der Waals surface area contributed by atoms with E-state index in [1.165, 1.54) is 0 Å². The first-order chi connectivity index (χ1) is 12.1. The van der Waals surface area contributed by atoms with E-state index < -0.39 is 5.91 Å². The fourth-order valence-corrected chi connectivity index (χ4v) is 2.71. The van der Waals surface area contributed by atoms with Crippen LogP contribution in [-0.2, 0) is 4.74 Å². The van der Waals surface area contributed by atoms with Gasteiger partial charge >= 0.3 is 0 Å². The number of nitrogens with two attached hydrogens (primary N) is 1. The molecule has 0 aliphatic carbocycles. The minimum absolute atomic E-state index is 0.235. The third-order valence-electron chi connectivity index (χ3n) is 4.07. The summed E-state index contributed by atoms with van der Waals surface area (Å²) in [5.74, 6) is -0.301. The first-order valence-electron chi connectivity index (χ1n) is 7.73. The lowest BCUT2D eigenvalue weighted by molar-refractivity contribution is 0.0506. The van der Waals surface area contributed by atoms with Crippen molar-refractivity contribution in [1.82, 2.24) is 9.78 Å². The number of hydrogen-bond acceptors (Lipinski definition) is 5. The van der Waals surface area contributed by atoms with E-state index in [4.69, 9.17) is 22.3 Å². The van der Waals surface area contributed by atoms with Crippen LogP contribution in [0.2, 0.25) is 0 Å². The second-order valence-electron chi connectivity index (χ2n) is 5.68. The molecule has 1 fully saturated rings. The molecule has 0 spiro atoms. The van der Waals surface area contributed by atoms with Crippen LogP contribution in [0.15, 0.2) is 30.5 Å². The van der Waals surface area contributed by atoms with Gasteiger partial charge in [0.25, 0.3) is 5.91 Å². The van der Waals surface area contributed by atoms with Gasteiger partial charge in [-0.1, -0.05) is 0 Å². The molecule has 0 saturated carbocycles. The summed E-state index contributed by atoms with van der Waals surface area (Å²) >= 11 is 0. The van der Waals surface area contributed by atoms with E-state index in [0.29, 0.717) is 36.7 Å². The first-order valence-corrected chi connectivity index (χ1v) is 7.73. The number of hydrogen-bond donors (Lipinski definition) is 2. The highest BCUT2D eigenvalue weighted by Crippen LogP contribution is 2.26. The molecule has 3 rings (SSSR count). The Labute approximate surface area is 144 Å². The zero-order valence-corrected chi connectivity index (χ0v) is 13.3. The van der Waals surface area contributed by atoms with Gasteiger partial charge < -0.3 is 20.6 Å². The number of nitriles is 1. The summed E-state index contributed by atoms with van der Waals surface area (Å²) in [4.78, 5) is 15.4. The van der Waals surface area contributed by atoms with Gasteiger partial charge in [0.05, 0.1) is 24.8 Å². The summed E-state index contributed by atoms with van der Waals surface area (Å²) in [6.45, 7) is 8.24. The summed E-state index contributed by atoms with van der Waals surface area (Å²) in [6.07, 6.45) is 2.17. The van der Waals surface area contributed by atoms with Gasteiger partial charge in [0.15, 0.2) is 5.82 Å². The summed E-state index contributed by atoms with van der Waals surface area (Å²) in [5, 5.41) is 16.3. The van der Waals surface area contributed by atoms with Crippen molar-refractivity contribution in [2.75, 3.05) is 18.5 Å². The second-order valence-corrected chi connectivity index (χ2v) is 5.68. The maximum atomic E-state index is 11.8. The summed E-state index contributed by atoms with van der Waals surface area (Å²) in [6, 6.07) is 8.28. The molecule has 0 unspecified atom stereocenters. The number of carbonyl (C=O) groups excluding carboxylic acids is 1. The predicted octanol–water partition coefficient (Wildman–Crippen LogP) is 1.85. The lowest BCUT2D eigenvalue weighted by atomic mass is 10.1. The van der Waals surface area contributed by atoms with Crippen LogP contribution in [0.3, 0.4) is 0 Å². The molecule has 126 valence electrons. The molecule has 3 N–H and O–H groups in total. The molecular formula is C17H16N6O2. The van der Waals surface area contributed by atoms with E-state index in [1.807, 2.05) is 6.07 Å². The molecule has 1 aliphatic heterocycles. The maximum absolute atomic E-state index is 11.8. The van der Waals surface area contributed by atoms with Crippen LogP contribution < -0.4 is 11.1 Å². The number of ether oxygens (including phenoxy) is 1. The van der Waals surface area contributed by atoms with Crippen LogP contribution >= 0.6 is 0 Å². The molecule has 0 bridgehead atoms. The van der Waals surface area contributed by atoms with E-state index in [0.717, 1.165) is 0 Å². The van der Waals surface area contributed by atoms with Crippen LogP contribution in [0.5, 0.6) is 0 Å². The van der Waals surface area contributed by atoms with Gasteiger partial charge in [-0.05, 0) is 24.3 Å². The van der Waals surface area contributed by atoms with Crippen LogP contribution in [-0.4, -0.2) is 34.9 Å². The number of primary amides is 1. The van der Waals surface area contributed by atoms with Gasteiger partial charge in [-0.3, -0.25) is 9.48 Å². The number of aromatic nitrogens is 2. The predicted molar refractivity (Wildman–Crippen MR) is 90.0 cm³/mol. The van der Waals surface area contributed by atoms with Crippen molar-refractivity contribution in [3.63, 3.8) is 0 Å². The Bertz CT molecular complexity index is 859. The molecule has 8 heteroatoms. The Morgan fingerprint density at radius 2 is 2.24 bits per heavy atom. The van der Waals surface area contributed by atoms with E-state index in [-0.39, 0.29) is 17.6 Å². The van der Waals surface area contributed by atoms with Crippen molar-refractivity contribution >= 4 is 17.4 Å². The number of nitrogens with one attached hydrogen (secondary N) is 1. The zero-order chi connectivity index (χ0) is 17.8. The molecule has 2 atom stereocenters. The van der Waals surface area contributed by atoms with Gasteiger partial charge in [-0.15, -0.1) is 0 Å². The highest BCUT2D eigenvalue weighted by atomic mass is 16.5. The molecule has 1 aromatic heterocycles. The minimum atomic E-state index is -0.613. The Balaban J connectivity index is 1.90. The summed E-state index contributed by atoms with van der Waals surface area (Å²) in [7, 11) is 0. The Hall–Kier alpha value is -3.36. The molecule has 1 aromatic carbocycles. The average molecular weight is 336 g/mol. The van der Waals surface area contributed by atoms with Crippen molar-refractivity contribution in [1.29, 1.82) is 5.26 Å². The van der Waals surface area contributed by atoms with E-state index in [2.05, 4.69) is 15.3 Å². The topological polar surface area (TPSA) is 110 Å². The quantitative estimate of drug-likeness (QED) is 0.828. The van der Waals surface area contributed by atoms with Crippen LogP contribution in [0, 0.1) is 17.9 Å². The molecule has 2 heterocycles. The molecule has 1 aliphatic rings. The largest absolute Gasteiger partial charge is 0.379 e. The van der Waals surface area contributed by atoms with Gasteiger partial charge in [-0.2, -0.15) is 10.4 Å². The molecular weight excluding hydrogens is 320 g/mol. The number of rotatable bonds is 4. The molecule has 2 aromatic rings. The van der Waals surface area contributed by atoms with Crippen molar-refractivity contribution in [3.8, 4) is 6.07 Å². The maximum Gasteiger partial charge on any atom is 0.254 e. The van der Waals surface area contributed by atoms with Crippen molar-refractivity contribution in [3.05, 3.63) is 53.0 Å². The average Bonchev–Trinajstić information content (AvgIpc) is 3.06. The van der Waals surface area contributed by atoms with Gasteiger partial charge in [0.2, 0.25) is 6.04 Å². The van der Waals surface area contributed by atoms with Gasteiger partial charge in [-0.25, -0.2) is 6.57 Å². The van der Waals surface area contributed by atoms with Crippen LogP contribution in [0.1, 0.15) is 28.4 Å².